The predicted octanol–water partition coefficient (Wildman–Crippen LogP) is 1.94. The van der Waals surface area contributed by atoms with Crippen LogP contribution in [0.15, 0.2) is 0 Å². The van der Waals surface area contributed by atoms with Gasteiger partial charge in [0.1, 0.15) is 0 Å². The molecule has 3 nitrogen and oxygen atoms in total. The number of hydrogen-bond acceptors (Lipinski definition) is 3. The molecule has 1 atom stereocenters. The molecule has 2 fully saturated rings. The number of aliphatic hydroxyl groups is 1. The second-order valence-corrected chi connectivity index (χ2v) is 7.17. The lowest BCUT2D eigenvalue weighted by Gasteiger charge is -2.27. The highest BCUT2D eigenvalue weighted by Gasteiger charge is 2.37. The number of rotatable bonds is 3. The Morgan fingerprint density at radius 2 is 2.12 bits per heavy atom. The summed E-state index contributed by atoms with van der Waals surface area (Å²) in [5.74, 6) is 1.89. The third-order valence-corrected chi connectivity index (χ3v) is 5.59. The van der Waals surface area contributed by atoms with E-state index >= 15 is 0 Å². The van der Waals surface area contributed by atoms with Crippen molar-refractivity contribution in [1.29, 1.82) is 0 Å². The van der Waals surface area contributed by atoms with Crippen molar-refractivity contribution in [2.45, 2.75) is 56.3 Å². The van der Waals surface area contributed by atoms with Crippen molar-refractivity contribution in [3.63, 3.8) is 0 Å². The predicted molar refractivity (Wildman–Crippen MR) is 71.1 cm³/mol. The fourth-order valence-corrected chi connectivity index (χ4v) is 3.96. The van der Waals surface area contributed by atoms with E-state index in [0.717, 1.165) is 50.8 Å². The van der Waals surface area contributed by atoms with Gasteiger partial charge >= 0.3 is 0 Å². The maximum Gasteiger partial charge on any atom is 0.235 e. The fourth-order valence-electron chi connectivity index (χ4n) is 2.73. The Hall–Kier alpha value is -0.220. The summed E-state index contributed by atoms with van der Waals surface area (Å²) in [6.45, 7) is 2.85. The molecule has 1 amide bonds. The Bertz CT molecular complexity index is 269. The molecule has 1 aliphatic heterocycles. The molecule has 2 N–H and O–H groups in total. The largest absolute Gasteiger partial charge is 0.393 e. The average molecular weight is 257 g/mol. The van der Waals surface area contributed by atoms with Gasteiger partial charge in [-0.1, -0.05) is 0 Å². The van der Waals surface area contributed by atoms with Crippen LogP contribution < -0.4 is 5.32 Å². The molecule has 0 bridgehead atoms. The minimum atomic E-state index is -0.186. The van der Waals surface area contributed by atoms with Crippen LogP contribution in [0.5, 0.6) is 0 Å². The molecule has 2 aliphatic rings. The molecule has 17 heavy (non-hydrogen) atoms. The van der Waals surface area contributed by atoms with Crippen LogP contribution >= 0.6 is 11.8 Å². The highest BCUT2D eigenvalue weighted by Crippen LogP contribution is 2.37. The van der Waals surface area contributed by atoms with E-state index in [0.29, 0.717) is 5.92 Å². The first-order chi connectivity index (χ1) is 8.10. The third kappa shape index (κ3) is 3.38. The summed E-state index contributed by atoms with van der Waals surface area (Å²) >= 11 is 1.79. The molecular weight excluding hydrogens is 234 g/mol. The van der Waals surface area contributed by atoms with E-state index < -0.39 is 0 Å². The molecule has 1 saturated heterocycles. The molecule has 0 aromatic rings. The summed E-state index contributed by atoms with van der Waals surface area (Å²) < 4.78 is -0.186. The number of hydrogen-bond donors (Lipinski definition) is 2. The number of amides is 1. The molecular formula is C13H23NO2S. The monoisotopic (exact) mass is 257 g/mol. The molecule has 0 radical (unpaired) electrons. The van der Waals surface area contributed by atoms with Crippen LogP contribution in [0.4, 0.5) is 0 Å². The number of carbonyl (C=O) groups excluding carboxylic acids is 1. The van der Waals surface area contributed by atoms with Gasteiger partial charge in [-0.05, 0) is 57.1 Å². The van der Waals surface area contributed by atoms with Crippen LogP contribution in [0.25, 0.3) is 0 Å². The van der Waals surface area contributed by atoms with E-state index in [2.05, 4.69) is 12.2 Å². The Balaban J connectivity index is 1.72. The Morgan fingerprint density at radius 1 is 1.41 bits per heavy atom. The third-order valence-electron chi connectivity index (χ3n) is 4.07. The molecule has 1 heterocycles. The summed E-state index contributed by atoms with van der Waals surface area (Å²) in [7, 11) is 0. The summed E-state index contributed by atoms with van der Waals surface area (Å²) in [5, 5.41) is 12.5. The first kappa shape index (κ1) is 13.2. The van der Waals surface area contributed by atoms with Gasteiger partial charge in [0, 0.05) is 6.54 Å². The van der Waals surface area contributed by atoms with Gasteiger partial charge in [-0.15, -0.1) is 11.8 Å². The second-order valence-electron chi connectivity index (χ2n) is 5.57. The maximum absolute atomic E-state index is 12.1. The van der Waals surface area contributed by atoms with Gasteiger partial charge in [-0.2, -0.15) is 0 Å². The van der Waals surface area contributed by atoms with E-state index in [1.807, 2.05) is 0 Å². The van der Waals surface area contributed by atoms with Crippen molar-refractivity contribution in [2.24, 2.45) is 5.92 Å². The molecule has 1 aliphatic carbocycles. The van der Waals surface area contributed by atoms with Crippen LogP contribution in [0.2, 0.25) is 0 Å². The van der Waals surface area contributed by atoms with Crippen molar-refractivity contribution >= 4 is 17.7 Å². The van der Waals surface area contributed by atoms with E-state index in [9.17, 15) is 9.90 Å². The molecule has 98 valence electrons. The van der Waals surface area contributed by atoms with Gasteiger partial charge in [-0.25, -0.2) is 0 Å². The van der Waals surface area contributed by atoms with Gasteiger partial charge in [0.15, 0.2) is 0 Å². The van der Waals surface area contributed by atoms with Crippen molar-refractivity contribution in [3.05, 3.63) is 0 Å². The molecule has 1 saturated carbocycles. The highest BCUT2D eigenvalue weighted by atomic mass is 32.2. The van der Waals surface area contributed by atoms with Crippen molar-refractivity contribution in [2.75, 3.05) is 12.3 Å². The van der Waals surface area contributed by atoms with E-state index in [-0.39, 0.29) is 16.8 Å². The van der Waals surface area contributed by atoms with Gasteiger partial charge in [-0.3, -0.25) is 4.79 Å². The lowest BCUT2D eigenvalue weighted by molar-refractivity contribution is -0.123. The molecule has 2 rings (SSSR count). The van der Waals surface area contributed by atoms with Crippen LogP contribution in [-0.4, -0.2) is 34.2 Å². The topological polar surface area (TPSA) is 49.3 Å². The quantitative estimate of drug-likeness (QED) is 0.812. The molecule has 0 aromatic heterocycles. The lowest BCUT2D eigenvalue weighted by atomic mass is 9.87. The van der Waals surface area contributed by atoms with E-state index in [1.54, 1.807) is 11.8 Å². The van der Waals surface area contributed by atoms with Gasteiger partial charge < -0.3 is 10.4 Å². The normalized spacial score (nSPS) is 38.0. The first-order valence-electron chi connectivity index (χ1n) is 6.70. The van der Waals surface area contributed by atoms with Gasteiger partial charge in [0.05, 0.1) is 10.9 Å². The second kappa shape index (κ2) is 5.61. The molecule has 4 heteroatoms. The Labute approximate surface area is 108 Å². The Kier molecular flexibility index (Phi) is 4.36. The summed E-state index contributed by atoms with van der Waals surface area (Å²) in [5.41, 5.74) is 0. The van der Waals surface area contributed by atoms with Crippen LogP contribution in [0.3, 0.4) is 0 Å². The van der Waals surface area contributed by atoms with E-state index in [1.165, 1.54) is 0 Å². The summed E-state index contributed by atoms with van der Waals surface area (Å²) in [4.78, 5) is 12.1. The Morgan fingerprint density at radius 3 is 2.71 bits per heavy atom. The molecule has 0 spiro atoms. The van der Waals surface area contributed by atoms with Crippen LogP contribution in [0.1, 0.15) is 45.4 Å². The minimum absolute atomic E-state index is 0.107. The SMILES string of the molecule is CC1(C(=O)NCC2CCC(O)CC2)CCCS1. The maximum atomic E-state index is 12.1. The summed E-state index contributed by atoms with van der Waals surface area (Å²) in [6.07, 6.45) is 5.94. The molecule has 1 unspecified atom stereocenters. The number of aliphatic hydroxyl groups excluding tert-OH is 1. The average Bonchev–Trinajstić information content (AvgIpc) is 2.76. The lowest BCUT2D eigenvalue weighted by Crippen LogP contribution is -2.42. The fraction of sp³-hybridized carbons (Fsp3) is 0.923. The van der Waals surface area contributed by atoms with Gasteiger partial charge in [0.2, 0.25) is 5.91 Å². The summed E-state index contributed by atoms with van der Waals surface area (Å²) in [6, 6.07) is 0. The number of nitrogens with one attached hydrogen (secondary N) is 1. The zero-order valence-corrected chi connectivity index (χ0v) is 11.4. The van der Waals surface area contributed by atoms with E-state index in [4.69, 9.17) is 0 Å². The zero-order chi connectivity index (χ0) is 12.3. The zero-order valence-electron chi connectivity index (χ0n) is 10.6. The highest BCUT2D eigenvalue weighted by molar-refractivity contribution is 8.01. The van der Waals surface area contributed by atoms with Crippen molar-refractivity contribution < 1.29 is 9.90 Å². The smallest absolute Gasteiger partial charge is 0.235 e. The van der Waals surface area contributed by atoms with Crippen molar-refractivity contribution in [3.8, 4) is 0 Å². The van der Waals surface area contributed by atoms with Crippen LogP contribution in [-0.2, 0) is 4.79 Å². The minimum Gasteiger partial charge on any atom is -0.393 e. The van der Waals surface area contributed by atoms with Crippen molar-refractivity contribution in [1.82, 2.24) is 5.32 Å². The van der Waals surface area contributed by atoms with Crippen LogP contribution in [0, 0.1) is 5.92 Å². The van der Waals surface area contributed by atoms with Gasteiger partial charge in [0.25, 0.3) is 0 Å². The standard InChI is InChI=1S/C13H23NO2S/c1-13(7-2-8-17-13)12(16)14-9-10-3-5-11(15)6-4-10/h10-11,15H,2-9H2,1H3,(H,14,16). The number of carbonyl (C=O) groups is 1. The molecule has 0 aromatic carbocycles. The number of thioether (sulfide) groups is 1. The first-order valence-corrected chi connectivity index (χ1v) is 7.69.